The molecule has 7 nitrogen and oxygen atoms in total. The first kappa shape index (κ1) is 18.4. The van der Waals surface area contributed by atoms with Crippen LogP contribution in [0, 0.1) is 21.4 Å². The Labute approximate surface area is 146 Å². The summed E-state index contributed by atoms with van der Waals surface area (Å²) in [4.78, 5) is 12.8. The molecule has 0 fully saturated rings. The number of nitrogens with zero attached hydrogens (tertiary/aromatic N) is 3. The molecule has 2 aromatic rings. The van der Waals surface area contributed by atoms with Crippen molar-refractivity contribution < 1.29 is 9.66 Å². The summed E-state index contributed by atoms with van der Waals surface area (Å²) in [5.74, 6) is 0.242. The van der Waals surface area contributed by atoms with Crippen LogP contribution in [-0.2, 0) is 13.1 Å². The summed E-state index contributed by atoms with van der Waals surface area (Å²) >= 11 is 0. The third kappa shape index (κ3) is 5.01. The summed E-state index contributed by atoms with van der Waals surface area (Å²) in [6.45, 7) is 2.30. The fourth-order valence-electron chi connectivity index (χ4n) is 2.57. The molecule has 0 heterocycles. The van der Waals surface area contributed by atoms with Crippen molar-refractivity contribution in [2.75, 3.05) is 20.2 Å². The molecule has 7 heteroatoms. The Morgan fingerprint density at radius 2 is 1.84 bits per heavy atom. The van der Waals surface area contributed by atoms with Crippen LogP contribution < -0.4 is 10.5 Å². The molecule has 2 N–H and O–H groups in total. The Morgan fingerprint density at radius 1 is 1.20 bits per heavy atom. The van der Waals surface area contributed by atoms with E-state index in [1.807, 2.05) is 18.2 Å². The summed E-state index contributed by atoms with van der Waals surface area (Å²) in [7, 11) is 1.41. The molecule has 2 rings (SSSR count). The maximum Gasteiger partial charge on any atom is 0.311 e. The number of nitriles is 1. The highest BCUT2D eigenvalue weighted by Crippen LogP contribution is 2.28. The van der Waals surface area contributed by atoms with E-state index >= 15 is 0 Å². The van der Waals surface area contributed by atoms with Crippen LogP contribution in [0.4, 0.5) is 5.69 Å². The minimum Gasteiger partial charge on any atom is -0.490 e. The van der Waals surface area contributed by atoms with Gasteiger partial charge in [-0.05, 0) is 29.3 Å². The van der Waals surface area contributed by atoms with Crippen molar-refractivity contribution in [1.29, 1.82) is 5.26 Å². The first-order chi connectivity index (χ1) is 12.1. The molecule has 0 unspecified atom stereocenters. The number of nitro benzene ring substituents is 1. The van der Waals surface area contributed by atoms with Crippen LogP contribution in [0.25, 0.3) is 0 Å². The number of hydrogen-bond donors (Lipinski definition) is 1. The number of nitrogens with two attached hydrogens (primary N) is 1. The zero-order valence-corrected chi connectivity index (χ0v) is 14.0. The van der Waals surface area contributed by atoms with Crippen LogP contribution >= 0.6 is 0 Å². The van der Waals surface area contributed by atoms with E-state index in [1.54, 1.807) is 18.2 Å². The van der Waals surface area contributed by atoms with E-state index < -0.39 is 4.92 Å². The maximum absolute atomic E-state index is 11.2. The van der Waals surface area contributed by atoms with E-state index in [0.29, 0.717) is 31.7 Å². The second-order valence-electron chi connectivity index (χ2n) is 5.57. The van der Waals surface area contributed by atoms with Crippen molar-refractivity contribution in [1.82, 2.24) is 4.90 Å². The zero-order chi connectivity index (χ0) is 18.2. The average Bonchev–Trinajstić information content (AvgIpc) is 2.62. The largest absolute Gasteiger partial charge is 0.490 e. The molecule has 0 saturated heterocycles. The van der Waals surface area contributed by atoms with Gasteiger partial charge in [-0.2, -0.15) is 5.26 Å². The third-order valence-corrected chi connectivity index (χ3v) is 3.78. The smallest absolute Gasteiger partial charge is 0.311 e. The highest BCUT2D eigenvalue weighted by atomic mass is 16.6. The predicted octanol–water partition coefficient (Wildman–Crippen LogP) is 2.44. The van der Waals surface area contributed by atoms with Gasteiger partial charge in [0.2, 0.25) is 0 Å². The molecule has 0 aliphatic carbocycles. The van der Waals surface area contributed by atoms with Crippen molar-refractivity contribution in [3.8, 4) is 11.8 Å². The van der Waals surface area contributed by atoms with Crippen molar-refractivity contribution in [2.24, 2.45) is 5.73 Å². The van der Waals surface area contributed by atoms with Crippen molar-refractivity contribution in [3.63, 3.8) is 0 Å². The molecular weight excluding hydrogens is 320 g/mol. The number of ether oxygens (including phenoxy) is 1. The highest BCUT2D eigenvalue weighted by molar-refractivity contribution is 5.48. The van der Waals surface area contributed by atoms with Gasteiger partial charge in [-0.15, -0.1) is 0 Å². The lowest BCUT2D eigenvalue weighted by atomic mass is 10.1. The maximum atomic E-state index is 11.2. The molecular formula is C18H20N4O3. The minimum atomic E-state index is -0.448. The van der Waals surface area contributed by atoms with Crippen LogP contribution in [-0.4, -0.2) is 30.0 Å². The molecule has 0 bridgehead atoms. The van der Waals surface area contributed by atoms with E-state index in [1.165, 1.54) is 13.2 Å². The van der Waals surface area contributed by atoms with E-state index in [9.17, 15) is 10.1 Å². The molecule has 0 atom stereocenters. The van der Waals surface area contributed by atoms with E-state index in [-0.39, 0.29) is 11.4 Å². The Bertz CT molecular complexity index is 769. The average molecular weight is 340 g/mol. The van der Waals surface area contributed by atoms with Crippen LogP contribution in [0.1, 0.15) is 16.7 Å². The second kappa shape index (κ2) is 8.78. The zero-order valence-electron chi connectivity index (χ0n) is 14.0. The predicted molar refractivity (Wildman–Crippen MR) is 94.0 cm³/mol. The van der Waals surface area contributed by atoms with Crippen LogP contribution in [0.3, 0.4) is 0 Å². The van der Waals surface area contributed by atoms with Gasteiger partial charge >= 0.3 is 5.69 Å². The Kier molecular flexibility index (Phi) is 6.46. The molecule has 130 valence electrons. The molecule has 0 aliphatic rings. The molecule has 2 aromatic carbocycles. The molecule has 0 saturated carbocycles. The summed E-state index contributed by atoms with van der Waals surface area (Å²) in [6, 6.07) is 14.4. The number of benzene rings is 2. The van der Waals surface area contributed by atoms with E-state index in [0.717, 1.165) is 11.1 Å². The van der Waals surface area contributed by atoms with Crippen molar-refractivity contribution in [2.45, 2.75) is 13.1 Å². The first-order valence-corrected chi connectivity index (χ1v) is 7.80. The van der Waals surface area contributed by atoms with Gasteiger partial charge in [-0.1, -0.05) is 18.2 Å². The van der Waals surface area contributed by atoms with Crippen LogP contribution in [0.15, 0.2) is 42.5 Å². The molecule has 0 aliphatic heterocycles. The van der Waals surface area contributed by atoms with Crippen molar-refractivity contribution >= 4 is 5.69 Å². The van der Waals surface area contributed by atoms with E-state index in [2.05, 4.69) is 11.0 Å². The van der Waals surface area contributed by atoms with Gasteiger partial charge in [-0.3, -0.25) is 15.0 Å². The minimum absolute atomic E-state index is 0.0499. The molecule has 0 radical (unpaired) electrons. The van der Waals surface area contributed by atoms with Crippen molar-refractivity contribution in [3.05, 3.63) is 69.3 Å². The summed E-state index contributed by atoms with van der Waals surface area (Å²) in [5.41, 5.74) is 8.12. The third-order valence-electron chi connectivity index (χ3n) is 3.78. The lowest BCUT2D eigenvalue weighted by Crippen LogP contribution is -2.28. The first-order valence-electron chi connectivity index (χ1n) is 7.80. The number of nitro groups is 1. The molecule has 0 aromatic heterocycles. The SMILES string of the molecule is COc1ccc(CN(CCN)Cc2ccc(C#N)cc2)cc1[N+](=O)[O-]. The molecule has 0 spiro atoms. The topological polar surface area (TPSA) is 105 Å². The monoisotopic (exact) mass is 340 g/mol. The van der Waals surface area contributed by atoms with Crippen LogP contribution in [0.2, 0.25) is 0 Å². The second-order valence-corrected chi connectivity index (χ2v) is 5.57. The Hall–Kier alpha value is -2.95. The standard InChI is InChI=1S/C18H20N4O3/c1-25-18-7-6-16(10-17(18)22(23)24)13-21(9-8-19)12-15-4-2-14(11-20)3-5-15/h2-7,10H,8-9,12-13,19H2,1H3. The highest BCUT2D eigenvalue weighted by Gasteiger charge is 2.16. The number of hydrogen-bond acceptors (Lipinski definition) is 6. The normalized spacial score (nSPS) is 10.5. The van der Waals surface area contributed by atoms with Gasteiger partial charge in [0.05, 0.1) is 23.7 Å². The summed E-state index contributed by atoms with van der Waals surface area (Å²) in [6.07, 6.45) is 0. The quantitative estimate of drug-likeness (QED) is 0.584. The Balaban J connectivity index is 2.16. The number of methoxy groups -OCH3 is 1. The Morgan fingerprint density at radius 3 is 2.40 bits per heavy atom. The fraction of sp³-hybridized carbons (Fsp3) is 0.278. The fourth-order valence-corrected chi connectivity index (χ4v) is 2.57. The molecule has 25 heavy (non-hydrogen) atoms. The van der Waals surface area contributed by atoms with Gasteiger partial charge in [0.1, 0.15) is 0 Å². The molecule has 0 amide bonds. The lowest BCUT2D eigenvalue weighted by molar-refractivity contribution is -0.385. The number of rotatable bonds is 8. The van der Waals surface area contributed by atoms with Gasteiger partial charge in [0.25, 0.3) is 0 Å². The van der Waals surface area contributed by atoms with E-state index in [4.69, 9.17) is 15.7 Å². The van der Waals surface area contributed by atoms with Gasteiger partial charge in [0.15, 0.2) is 5.75 Å². The van der Waals surface area contributed by atoms with Gasteiger partial charge in [0, 0.05) is 32.2 Å². The van der Waals surface area contributed by atoms with Gasteiger partial charge < -0.3 is 10.5 Å². The summed E-state index contributed by atoms with van der Waals surface area (Å²) in [5, 5.41) is 20.0. The van der Waals surface area contributed by atoms with Crippen LogP contribution in [0.5, 0.6) is 5.75 Å². The van der Waals surface area contributed by atoms with Gasteiger partial charge in [-0.25, -0.2) is 0 Å². The summed E-state index contributed by atoms with van der Waals surface area (Å²) < 4.78 is 5.03. The lowest BCUT2D eigenvalue weighted by Gasteiger charge is -2.22.